The Morgan fingerprint density at radius 3 is 2.42 bits per heavy atom. The largest absolute Gasteiger partial charge is 0.481 e. The molecule has 3 rings (SSSR count). The van der Waals surface area contributed by atoms with Gasteiger partial charge < -0.3 is 15.0 Å². The fourth-order valence-corrected chi connectivity index (χ4v) is 3.14. The Bertz CT molecular complexity index is 786. The summed E-state index contributed by atoms with van der Waals surface area (Å²) >= 11 is 3.36. The lowest BCUT2D eigenvalue weighted by Crippen LogP contribution is -2.32. The average molecular weight is 417 g/mol. The molecule has 1 N–H and O–H groups in total. The number of hydrogen-bond acceptors (Lipinski definition) is 3. The number of nitrogens with zero attached hydrogens (tertiary/aromatic N) is 1. The van der Waals surface area contributed by atoms with Crippen LogP contribution in [0.1, 0.15) is 30.1 Å². The molecule has 1 aliphatic rings. The van der Waals surface area contributed by atoms with Gasteiger partial charge in [-0.3, -0.25) is 9.59 Å². The maximum atomic E-state index is 12.7. The summed E-state index contributed by atoms with van der Waals surface area (Å²) in [6, 6.07) is 14.4. The van der Waals surface area contributed by atoms with Crippen molar-refractivity contribution >= 4 is 33.4 Å². The molecule has 1 fully saturated rings. The maximum Gasteiger partial charge on any atom is 0.265 e. The topological polar surface area (TPSA) is 58.6 Å². The Morgan fingerprint density at radius 2 is 1.73 bits per heavy atom. The van der Waals surface area contributed by atoms with Crippen LogP contribution in [0.4, 0.5) is 5.69 Å². The van der Waals surface area contributed by atoms with Gasteiger partial charge in [0.25, 0.3) is 11.8 Å². The molecule has 0 bridgehead atoms. The molecule has 1 atom stereocenters. The highest BCUT2D eigenvalue weighted by molar-refractivity contribution is 9.10. The van der Waals surface area contributed by atoms with Crippen LogP contribution in [0.25, 0.3) is 0 Å². The molecular weight excluding hydrogens is 396 g/mol. The molecule has 136 valence electrons. The van der Waals surface area contributed by atoms with E-state index >= 15 is 0 Å². The smallest absolute Gasteiger partial charge is 0.265 e. The molecule has 2 aromatic rings. The quantitative estimate of drug-likeness (QED) is 0.798. The number of hydrogen-bond donors (Lipinski definition) is 1. The molecule has 1 heterocycles. The number of rotatable bonds is 5. The van der Waals surface area contributed by atoms with Gasteiger partial charge >= 0.3 is 0 Å². The van der Waals surface area contributed by atoms with Crippen LogP contribution in [-0.2, 0) is 4.79 Å². The predicted octanol–water partition coefficient (Wildman–Crippen LogP) is 4.09. The SMILES string of the molecule is C[C@@H](Oc1ccc(Br)cc1)C(=O)Nc1ccccc1C(=O)N1CCCC1. The van der Waals surface area contributed by atoms with Crippen molar-refractivity contribution in [3.63, 3.8) is 0 Å². The second-order valence-corrected chi connectivity index (χ2v) is 7.16. The van der Waals surface area contributed by atoms with Crippen molar-refractivity contribution < 1.29 is 14.3 Å². The van der Waals surface area contributed by atoms with Crippen molar-refractivity contribution in [2.75, 3.05) is 18.4 Å². The Balaban J connectivity index is 1.68. The van der Waals surface area contributed by atoms with E-state index < -0.39 is 6.10 Å². The normalized spacial score (nSPS) is 14.8. The molecule has 6 heteroatoms. The first-order chi connectivity index (χ1) is 12.5. The standard InChI is InChI=1S/C20H21BrN2O3/c1-14(26-16-10-8-15(21)9-11-16)19(24)22-18-7-3-2-6-17(18)20(25)23-12-4-5-13-23/h2-3,6-11,14H,4-5,12-13H2,1H3,(H,22,24)/t14-/m1/s1. The van der Waals surface area contributed by atoms with E-state index in [9.17, 15) is 9.59 Å². The van der Waals surface area contributed by atoms with Gasteiger partial charge in [-0.15, -0.1) is 0 Å². The lowest BCUT2D eigenvalue weighted by atomic mass is 10.1. The van der Waals surface area contributed by atoms with Crippen LogP contribution in [0.2, 0.25) is 0 Å². The molecule has 0 radical (unpaired) electrons. The third kappa shape index (κ3) is 4.43. The monoisotopic (exact) mass is 416 g/mol. The summed E-state index contributed by atoms with van der Waals surface area (Å²) in [4.78, 5) is 27.0. The van der Waals surface area contributed by atoms with Crippen molar-refractivity contribution in [2.24, 2.45) is 0 Å². The number of nitrogens with one attached hydrogen (secondary N) is 1. The van der Waals surface area contributed by atoms with Crippen molar-refractivity contribution in [2.45, 2.75) is 25.9 Å². The summed E-state index contributed by atoms with van der Waals surface area (Å²) in [6.45, 7) is 3.22. The number of anilines is 1. The number of amides is 2. The molecule has 0 unspecified atom stereocenters. The fraction of sp³-hybridized carbons (Fsp3) is 0.300. The Labute approximate surface area is 161 Å². The number of halogens is 1. The van der Waals surface area contributed by atoms with Gasteiger partial charge in [0.1, 0.15) is 5.75 Å². The van der Waals surface area contributed by atoms with Crippen molar-refractivity contribution in [1.29, 1.82) is 0 Å². The highest BCUT2D eigenvalue weighted by Gasteiger charge is 2.23. The number of carbonyl (C=O) groups excluding carboxylic acids is 2. The molecular formula is C20H21BrN2O3. The molecule has 1 aliphatic heterocycles. The van der Waals surface area contributed by atoms with Crippen molar-refractivity contribution in [1.82, 2.24) is 4.90 Å². The van der Waals surface area contributed by atoms with Crippen molar-refractivity contribution in [3.05, 3.63) is 58.6 Å². The minimum atomic E-state index is -0.689. The predicted molar refractivity (Wildman–Crippen MR) is 104 cm³/mol. The van der Waals surface area contributed by atoms with Crippen LogP contribution in [0.5, 0.6) is 5.75 Å². The molecule has 26 heavy (non-hydrogen) atoms. The van der Waals surface area contributed by atoms with Crippen LogP contribution in [0.15, 0.2) is 53.0 Å². The second-order valence-electron chi connectivity index (χ2n) is 6.25. The van der Waals surface area contributed by atoms with Gasteiger partial charge in [-0.1, -0.05) is 28.1 Å². The lowest BCUT2D eigenvalue weighted by Gasteiger charge is -2.19. The van der Waals surface area contributed by atoms with E-state index in [0.717, 1.165) is 30.4 Å². The number of para-hydroxylation sites is 1. The van der Waals surface area contributed by atoms with Crippen LogP contribution in [0.3, 0.4) is 0 Å². The summed E-state index contributed by atoms with van der Waals surface area (Å²) in [5, 5.41) is 2.83. The number of ether oxygens (including phenoxy) is 1. The summed E-state index contributed by atoms with van der Waals surface area (Å²) in [7, 11) is 0. The molecule has 0 aromatic heterocycles. The van der Waals surface area contributed by atoms with Crippen LogP contribution >= 0.6 is 15.9 Å². The van der Waals surface area contributed by atoms with E-state index in [1.807, 2.05) is 17.0 Å². The maximum absolute atomic E-state index is 12.7. The van der Waals surface area contributed by atoms with Gasteiger partial charge in [0, 0.05) is 17.6 Å². The Kier molecular flexibility index (Phi) is 5.93. The zero-order chi connectivity index (χ0) is 18.5. The molecule has 0 saturated carbocycles. The number of likely N-dealkylation sites (tertiary alicyclic amines) is 1. The van der Waals surface area contributed by atoms with E-state index in [2.05, 4.69) is 21.2 Å². The van der Waals surface area contributed by atoms with Gasteiger partial charge in [0.15, 0.2) is 6.10 Å². The van der Waals surface area contributed by atoms with E-state index in [1.165, 1.54) is 0 Å². The third-order valence-electron chi connectivity index (χ3n) is 4.30. The summed E-state index contributed by atoms with van der Waals surface area (Å²) in [6.07, 6.45) is 1.36. The molecule has 0 aliphatic carbocycles. The highest BCUT2D eigenvalue weighted by atomic mass is 79.9. The van der Waals surface area contributed by atoms with Gasteiger partial charge in [0.05, 0.1) is 11.3 Å². The average Bonchev–Trinajstić information content (AvgIpc) is 3.18. The first-order valence-electron chi connectivity index (χ1n) is 8.66. The minimum absolute atomic E-state index is 0.0418. The Morgan fingerprint density at radius 1 is 1.08 bits per heavy atom. The molecule has 2 aromatic carbocycles. The highest BCUT2D eigenvalue weighted by Crippen LogP contribution is 2.21. The second kappa shape index (κ2) is 8.36. The molecule has 0 spiro atoms. The van der Waals surface area contributed by atoms with Crippen LogP contribution < -0.4 is 10.1 Å². The third-order valence-corrected chi connectivity index (χ3v) is 4.83. The molecule has 1 saturated heterocycles. The van der Waals surface area contributed by atoms with Crippen LogP contribution in [0, 0.1) is 0 Å². The Hall–Kier alpha value is -2.34. The van der Waals surface area contributed by atoms with Crippen LogP contribution in [-0.4, -0.2) is 35.9 Å². The first kappa shape index (κ1) is 18.5. The zero-order valence-electron chi connectivity index (χ0n) is 14.6. The van der Waals surface area contributed by atoms with Crippen molar-refractivity contribution in [3.8, 4) is 5.75 Å². The summed E-state index contributed by atoms with van der Waals surface area (Å²) in [5.41, 5.74) is 1.03. The number of benzene rings is 2. The van der Waals surface area contributed by atoms with E-state index in [1.54, 1.807) is 43.3 Å². The van der Waals surface area contributed by atoms with Gasteiger partial charge in [-0.05, 0) is 56.2 Å². The van der Waals surface area contributed by atoms with E-state index in [4.69, 9.17) is 4.74 Å². The summed E-state index contributed by atoms with van der Waals surface area (Å²) < 4.78 is 6.62. The molecule has 2 amide bonds. The first-order valence-corrected chi connectivity index (χ1v) is 9.45. The molecule has 5 nitrogen and oxygen atoms in total. The van der Waals surface area contributed by atoms with Gasteiger partial charge in [-0.2, -0.15) is 0 Å². The summed E-state index contributed by atoms with van der Waals surface area (Å²) in [5.74, 6) is 0.270. The van der Waals surface area contributed by atoms with E-state index in [-0.39, 0.29) is 11.8 Å². The van der Waals surface area contributed by atoms with Gasteiger partial charge in [-0.25, -0.2) is 0 Å². The minimum Gasteiger partial charge on any atom is -0.481 e. The van der Waals surface area contributed by atoms with E-state index in [0.29, 0.717) is 17.0 Å². The number of carbonyl (C=O) groups is 2. The zero-order valence-corrected chi connectivity index (χ0v) is 16.2. The lowest BCUT2D eigenvalue weighted by molar-refractivity contribution is -0.122. The van der Waals surface area contributed by atoms with Gasteiger partial charge in [0.2, 0.25) is 0 Å². The fourth-order valence-electron chi connectivity index (χ4n) is 2.87.